The largest absolute Gasteiger partial charge is 0.353 e. The van der Waals surface area contributed by atoms with Gasteiger partial charge in [-0.2, -0.15) is 0 Å². The summed E-state index contributed by atoms with van der Waals surface area (Å²) in [6, 6.07) is 25.5. The number of aromatic nitrogens is 2. The molecule has 1 amide bonds. The fraction of sp³-hybridized carbons (Fsp3) is 0.0370. The zero-order valence-corrected chi connectivity index (χ0v) is 19.0. The minimum Gasteiger partial charge on any atom is -0.353 e. The average molecular weight is 472 g/mol. The van der Waals surface area contributed by atoms with Crippen molar-refractivity contribution in [3.05, 3.63) is 106 Å². The zero-order valence-electron chi connectivity index (χ0n) is 17.5. The van der Waals surface area contributed by atoms with E-state index in [9.17, 15) is 4.79 Å². The van der Waals surface area contributed by atoms with Crippen LogP contribution in [0, 0.1) is 0 Å². The van der Waals surface area contributed by atoms with Crippen LogP contribution >= 0.6 is 23.2 Å². The third kappa shape index (κ3) is 4.49. The van der Waals surface area contributed by atoms with Gasteiger partial charge in [0, 0.05) is 27.9 Å². The molecule has 162 valence electrons. The molecule has 2 aromatic heterocycles. The van der Waals surface area contributed by atoms with E-state index in [0.29, 0.717) is 16.6 Å². The number of para-hydroxylation sites is 1. The smallest absolute Gasteiger partial charge is 0.244 e. The Bertz CT molecular complexity index is 1510. The lowest BCUT2D eigenvalue weighted by atomic mass is 10.1. The molecule has 0 atom stereocenters. The topological polar surface area (TPSA) is 57.8 Å². The fourth-order valence-corrected chi connectivity index (χ4v) is 4.13. The molecule has 4 nitrogen and oxygen atoms in total. The third-order valence-electron chi connectivity index (χ3n) is 5.41. The molecule has 0 fully saturated rings. The van der Waals surface area contributed by atoms with E-state index in [1.165, 1.54) is 6.08 Å². The molecule has 2 N–H and O–H groups in total. The molecule has 0 unspecified atom stereocenters. The van der Waals surface area contributed by atoms with E-state index in [2.05, 4.69) is 22.4 Å². The normalized spacial score (nSPS) is 11.5. The first-order chi connectivity index (χ1) is 16.1. The first kappa shape index (κ1) is 21.3. The van der Waals surface area contributed by atoms with Crippen LogP contribution < -0.4 is 5.32 Å². The minimum atomic E-state index is -0.219. The number of H-pyrrole nitrogens is 1. The maximum absolute atomic E-state index is 12.4. The molecule has 5 aromatic rings. The molecular formula is C27H19Cl2N3O. The lowest BCUT2D eigenvalue weighted by Crippen LogP contribution is -2.21. The number of amides is 1. The standard InChI is InChI=1S/C27H19Cl2N3O/c28-22-12-10-17(14-23(22)29)11-13-25(33)30-16-19-15-21-20-8-4-5-9-24(20)32-27(21)26(31-19)18-6-2-1-3-7-18/h1-15,32H,16H2,(H,30,33)/b13-11+. The van der Waals surface area contributed by atoms with Gasteiger partial charge in [0.1, 0.15) is 0 Å². The first-order valence-corrected chi connectivity index (χ1v) is 11.2. The molecule has 2 heterocycles. The molecule has 0 aliphatic carbocycles. The van der Waals surface area contributed by atoms with Crippen molar-refractivity contribution in [2.24, 2.45) is 0 Å². The molecule has 6 heteroatoms. The third-order valence-corrected chi connectivity index (χ3v) is 6.15. The van der Waals surface area contributed by atoms with Crippen LogP contribution in [0.5, 0.6) is 0 Å². The Morgan fingerprint density at radius 3 is 2.52 bits per heavy atom. The van der Waals surface area contributed by atoms with Crippen molar-refractivity contribution in [2.75, 3.05) is 0 Å². The molecule has 0 aliphatic heterocycles. The van der Waals surface area contributed by atoms with E-state index in [1.807, 2.05) is 48.5 Å². The van der Waals surface area contributed by atoms with Crippen LogP contribution in [0.1, 0.15) is 11.3 Å². The first-order valence-electron chi connectivity index (χ1n) is 10.5. The van der Waals surface area contributed by atoms with Gasteiger partial charge < -0.3 is 10.3 Å². The molecule has 0 bridgehead atoms. The Balaban J connectivity index is 1.44. The van der Waals surface area contributed by atoms with Gasteiger partial charge in [-0.25, -0.2) is 4.98 Å². The highest BCUT2D eigenvalue weighted by Gasteiger charge is 2.13. The number of hydrogen-bond donors (Lipinski definition) is 2. The Labute approximate surface area is 200 Å². The average Bonchev–Trinajstić information content (AvgIpc) is 3.22. The number of hydrogen-bond acceptors (Lipinski definition) is 2. The fourth-order valence-electron chi connectivity index (χ4n) is 3.82. The number of nitrogens with zero attached hydrogens (tertiary/aromatic N) is 1. The Hall–Kier alpha value is -3.60. The highest BCUT2D eigenvalue weighted by atomic mass is 35.5. The van der Waals surface area contributed by atoms with Crippen molar-refractivity contribution in [3.63, 3.8) is 0 Å². The molecule has 0 spiro atoms. The predicted molar refractivity (Wildman–Crippen MR) is 136 cm³/mol. The summed E-state index contributed by atoms with van der Waals surface area (Å²) in [6.07, 6.45) is 3.17. The minimum absolute atomic E-state index is 0.219. The number of benzene rings is 3. The SMILES string of the molecule is O=C(/C=C/c1ccc(Cl)c(Cl)c1)NCc1cc2c([nH]c3ccccc32)c(-c2ccccc2)n1. The van der Waals surface area contributed by atoms with Crippen molar-refractivity contribution in [2.45, 2.75) is 6.54 Å². The molecule has 5 rings (SSSR count). The van der Waals surface area contributed by atoms with E-state index in [1.54, 1.807) is 24.3 Å². The van der Waals surface area contributed by atoms with Gasteiger partial charge in [0.15, 0.2) is 0 Å². The Morgan fingerprint density at radius 2 is 1.70 bits per heavy atom. The van der Waals surface area contributed by atoms with Gasteiger partial charge in [0.2, 0.25) is 5.91 Å². The van der Waals surface area contributed by atoms with Crippen LogP contribution in [0.25, 0.3) is 39.1 Å². The van der Waals surface area contributed by atoms with Crippen molar-refractivity contribution < 1.29 is 4.79 Å². The highest BCUT2D eigenvalue weighted by molar-refractivity contribution is 6.42. The van der Waals surface area contributed by atoms with E-state index in [4.69, 9.17) is 28.2 Å². The second kappa shape index (κ2) is 9.10. The summed E-state index contributed by atoms with van der Waals surface area (Å²) in [5, 5.41) is 6.05. The predicted octanol–water partition coefficient (Wildman–Crippen LogP) is 7.02. The summed E-state index contributed by atoms with van der Waals surface area (Å²) in [4.78, 5) is 20.8. The van der Waals surface area contributed by atoms with Crippen molar-refractivity contribution in [1.82, 2.24) is 15.3 Å². The van der Waals surface area contributed by atoms with E-state index >= 15 is 0 Å². The van der Waals surface area contributed by atoms with E-state index < -0.39 is 0 Å². The van der Waals surface area contributed by atoms with E-state index in [0.717, 1.165) is 44.3 Å². The van der Waals surface area contributed by atoms with Gasteiger partial charge in [0.05, 0.1) is 33.5 Å². The molecule has 0 aliphatic rings. The van der Waals surface area contributed by atoms with Crippen LogP contribution in [0.2, 0.25) is 10.0 Å². The molecule has 0 saturated heterocycles. The van der Waals surface area contributed by atoms with Gasteiger partial charge in [-0.3, -0.25) is 4.79 Å². The Kier molecular flexibility index (Phi) is 5.86. The number of halogens is 2. The monoisotopic (exact) mass is 471 g/mol. The number of pyridine rings is 1. The zero-order chi connectivity index (χ0) is 22.8. The molecular weight excluding hydrogens is 453 g/mol. The highest BCUT2D eigenvalue weighted by Crippen LogP contribution is 2.32. The van der Waals surface area contributed by atoms with Crippen LogP contribution in [-0.4, -0.2) is 15.9 Å². The van der Waals surface area contributed by atoms with Crippen LogP contribution in [0.3, 0.4) is 0 Å². The quantitative estimate of drug-likeness (QED) is 0.270. The summed E-state index contributed by atoms with van der Waals surface area (Å²) in [7, 11) is 0. The summed E-state index contributed by atoms with van der Waals surface area (Å²) in [6.45, 7) is 0.305. The lowest BCUT2D eigenvalue weighted by molar-refractivity contribution is -0.116. The number of carbonyl (C=O) groups excluding carboxylic acids is 1. The molecule has 0 radical (unpaired) electrons. The Morgan fingerprint density at radius 1 is 0.909 bits per heavy atom. The summed E-state index contributed by atoms with van der Waals surface area (Å²) in [5.41, 5.74) is 5.49. The second-order valence-corrected chi connectivity index (χ2v) is 8.46. The van der Waals surface area contributed by atoms with Crippen LogP contribution in [-0.2, 0) is 11.3 Å². The maximum atomic E-state index is 12.4. The van der Waals surface area contributed by atoms with Gasteiger partial charge >= 0.3 is 0 Å². The maximum Gasteiger partial charge on any atom is 0.244 e. The summed E-state index contributed by atoms with van der Waals surface area (Å²) >= 11 is 12.0. The molecule has 3 aromatic carbocycles. The van der Waals surface area contributed by atoms with Gasteiger partial charge in [-0.05, 0) is 35.9 Å². The summed E-state index contributed by atoms with van der Waals surface area (Å²) < 4.78 is 0. The molecule has 0 saturated carbocycles. The van der Waals surface area contributed by atoms with Crippen LogP contribution in [0.4, 0.5) is 0 Å². The van der Waals surface area contributed by atoms with Crippen molar-refractivity contribution in [3.8, 4) is 11.3 Å². The number of fused-ring (bicyclic) bond motifs is 3. The summed E-state index contributed by atoms with van der Waals surface area (Å²) in [5.74, 6) is -0.219. The van der Waals surface area contributed by atoms with Gasteiger partial charge in [-0.15, -0.1) is 0 Å². The van der Waals surface area contributed by atoms with Gasteiger partial charge in [0.25, 0.3) is 0 Å². The number of nitrogens with one attached hydrogen (secondary N) is 2. The lowest BCUT2D eigenvalue weighted by Gasteiger charge is -2.08. The van der Waals surface area contributed by atoms with Crippen LogP contribution in [0.15, 0.2) is 84.9 Å². The number of aromatic amines is 1. The number of rotatable bonds is 5. The van der Waals surface area contributed by atoms with Gasteiger partial charge in [-0.1, -0.05) is 77.8 Å². The molecule has 33 heavy (non-hydrogen) atoms. The second-order valence-electron chi connectivity index (χ2n) is 7.65. The number of carbonyl (C=O) groups is 1. The van der Waals surface area contributed by atoms with Crippen molar-refractivity contribution >= 4 is 57.0 Å². The van der Waals surface area contributed by atoms with Crippen molar-refractivity contribution in [1.29, 1.82) is 0 Å². The van der Waals surface area contributed by atoms with E-state index in [-0.39, 0.29) is 5.91 Å².